The van der Waals surface area contributed by atoms with Crippen molar-refractivity contribution in [2.75, 3.05) is 0 Å². The molecular formula is CH2N4. The normalized spacial score (nSPS) is 2.00. The van der Waals surface area contributed by atoms with Gasteiger partial charge < -0.3 is 0 Å². The van der Waals surface area contributed by atoms with Crippen molar-refractivity contribution in [3.8, 4) is 6.57 Å². The number of hydrogen-bond acceptors (Lipinski definition) is 2. The third kappa shape index (κ3) is 1.24. The number of nitrogens with one attached hydrogen (secondary N) is 1. The molecule has 0 fully saturated rings. The standard InChI is InChI=1S/CHN.HN3/c1-2;1-3-2/h1H;1H. The van der Waals surface area contributed by atoms with Crippen LogP contribution in [-0.4, -0.2) is 0 Å². The van der Waals surface area contributed by atoms with Gasteiger partial charge in [0.25, 0.3) is 0 Å². The van der Waals surface area contributed by atoms with Crippen molar-refractivity contribution in [3.63, 3.8) is 0 Å². The molecule has 4 nitrogen and oxygen atoms in total. The summed E-state index contributed by atoms with van der Waals surface area (Å²) in [6.07, 6.45) is 0. The van der Waals surface area contributed by atoms with E-state index in [4.69, 9.17) is 16.3 Å². The summed E-state index contributed by atoms with van der Waals surface area (Å²) < 4.78 is 0. The molecule has 0 aromatic heterocycles. The summed E-state index contributed by atoms with van der Waals surface area (Å²) in [5.41, 5.74) is 12.2. The molecule has 0 radical (unpaired) electrons. The summed E-state index contributed by atoms with van der Waals surface area (Å²) in [5, 5.41) is 6.50. The van der Waals surface area contributed by atoms with Gasteiger partial charge >= 0.3 is 0 Å². The van der Waals surface area contributed by atoms with Gasteiger partial charge in [-0.1, -0.05) is 0 Å². The maximum Gasteiger partial charge on any atom is 0.0462 e. The van der Waals surface area contributed by atoms with Crippen LogP contribution in [0.2, 0.25) is 0 Å². The van der Waals surface area contributed by atoms with Gasteiger partial charge in [0.2, 0.25) is 0 Å². The van der Waals surface area contributed by atoms with Crippen LogP contribution < -0.4 is 0 Å². The topological polar surface area (TPSA) is 84.0 Å². The summed E-state index contributed by atoms with van der Waals surface area (Å²) in [6, 6.07) is 0. The molecule has 1 N–H and O–H groups in total. The fourth-order valence-corrected chi connectivity index (χ4v) is 0. The molecule has 0 aliphatic heterocycles. The van der Waals surface area contributed by atoms with E-state index in [1.165, 1.54) is 0 Å². The zero-order chi connectivity index (χ0) is 4.71. The van der Waals surface area contributed by atoms with Gasteiger partial charge in [-0.3, -0.25) is 0 Å². The van der Waals surface area contributed by atoms with Crippen LogP contribution in [0.25, 0.3) is 10.4 Å². The van der Waals surface area contributed by atoms with E-state index >= 15 is 0 Å². The number of nitrogens with zero attached hydrogens (tertiary/aromatic N) is 3. The summed E-state index contributed by atoms with van der Waals surface area (Å²) in [6.45, 7) is 3.50. The molecule has 0 unspecified atom stereocenters. The van der Waals surface area contributed by atoms with Gasteiger partial charge in [-0.15, -0.1) is 5.53 Å². The Balaban J connectivity index is 0. The van der Waals surface area contributed by atoms with Crippen molar-refractivity contribution in [2.45, 2.75) is 0 Å². The fraction of sp³-hybridized carbons (Fsp3) is 0. The number of rotatable bonds is 0. The Hall–Kier alpha value is -1.20. The molecule has 0 saturated carbocycles. The fourth-order valence-electron chi connectivity index (χ4n) is 0. The van der Waals surface area contributed by atoms with Crippen LogP contribution in [0.4, 0.5) is 0 Å². The molecule has 0 aliphatic carbocycles. The molecule has 0 bridgehead atoms. The van der Waals surface area contributed by atoms with E-state index in [0.29, 0.717) is 0 Å². The minimum Gasteiger partial charge on any atom is -0.202 e. The first-order chi connectivity index (χ1) is 2.41. The molecule has 5 heavy (non-hydrogen) atoms. The van der Waals surface area contributed by atoms with E-state index in [9.17, 15) is 0 Å². The second-order valence-corrected chi connectivity index (χ2v) is 0.100. The van der Waals surface area contributed by atoms with Crippen molar-refractivity contribution >= 4 is 0 Å². The lowest BCUT2D eigenvalue weighted by Crippen LogP contribution is -0.769. The van der Waals surface area contributed by atoms with Gasteiger partial charge in [0.15, 0.2) is 0 Å². The average molecular weight is 70.1 g/mol. The minimum atomic E-state index is 1.75. The van der Waals surface area contributed by atoms with Crippen molar-refractivity contribution in [1.82, 2.24) is 0 Å². The van der Waals surface area contributed by atoms with Gasteiger partial charge in [0.1, 0.15) is 0 Å². The van der Waals surface area contributed by atoms with E-state index in [1.807, 2.05) is 0 Å². The zero-order valence-electron chi connectivity index (χ0n) is 2.42. The minimum absolute atomic E-state index is 1.75. The Morgan fingerprint density at radius 1 is 1.80 bits per heavy atom. The van der Waals surface area contributed by atoms with Crippen molar-refractivity contribution in [1.29, 1.82) is 10.8 Å². The Morgan fingerprint density at radius 2 is 1.80 bits per heavy atom. The Labute approximate surface area is 29.1 Å². The predicted octanol–water partition coefficient (Wildman–Crippen LogP) is 1.02. The van der Waals surface area contributed by atoms with Crippen LogP contribution in [0.1, 0.15) is 0 Å². The highest BCUT2D eigenvalue weighted by atomic mass is 15.0. The number of nitriles is 1. The SMILES string of the molecule is C#N.[N-]=[N+]=N. The van der Waals surface area contributed by atoms with E-state index in [0.717, 1.165) is 0 Å². The molecule has 0 heterocycles. The third-order valence-corrected chi connectivity index (χ3v) is 0. The molecule has 0 atom stereocenters. The van der Waals surface area contributed by atoms with Crippen LogP contribution >= 0.6 is 0 Å². The smallest absolute Gasteiger partial charge is 0.0462 e. The molecule has 0 aliphatic rings. The van der Waals surface area contributed by atoms with Crippen LogP contribution in [0.15, 0.2) is 0 Å². The quantitative estimate of drug-likeness (QED) is 0.257. The Bertz CT molecular complexity index is 45.9. The molecule has 4 heteroatoms. The van der Waals surface area contributed by atoms with E-state index < -0.39 is 0 Å². The van der Waals surface area contributed by atoms with E-state index in [1.54, 1.807) is 4.91 Å². The highest BCUT2D eigenvalue weighted by Gasteiger charge is 0.973. The van der Waals surface area contributed by atoms with Crippen molar-refractivity contribution in [2.24, 2.45) is 0 Å². The maximum atomic E-state index is 6.86. The number of hydrogen-bond donors (Lipinski definition) is 1. The monoisotopic (exact) mass is 70.0 g/mol. The van der Waals surface area contributed by atoms with Crippen LogP contribution in [-0.2, 0) is 0 Å². The summed E-state index contributed by atoms with van der Waals surface area (Å²) >= 11 is 0. The predicted molar refractivity (Wildman–Crippen MR) is 16.1 cm³/mol. The van der Waals surface area contributed by atoms with E-state index in [-0.39, 0.29) is 0 Å². The lowest BCUT2D eigenvalue weighted by molar-refractivity contribution is 1.45. The molecular weight excluding hydrogens is 68.0 g/mol. The second kappa shape index (κ2) is 227. The molecule has 0 aromatic carbocycles. The van der Waals surface area contributed by atoms with E-state index in [2.05, 4.69) is 6.57 Å². The van der Waals surface area contributed by atoms with Gasteiger partial charge in [-0.25, -0.2) is 5.26 Å². The average Bonchev–Trinajstić information content (AvgIpc) is 1.46. The maximum absolute atomic E-state index is 6.86. The van der Waals surface area contributed by atoms with Gasteiger partial charge in [0, 0.05) is 6.57 Å². The van der Waals surface area contributed by atoms with Crippen molar-refractivity contribution in [3.05, 3.63) is 10.4 Å². The molecule has 26 valence electrons. The molecule has 0 spiro atoms. The third-order valence-electron chi connectivity index (χ3n) is 0. The summed E-state index contributed by atoms with van der Waals surface area (Å²) in [4.78, 5) is 1.75. The molecule has 0 rings (SSSR count). The molecule has 0 saturated heterocycles. The van der Waals surface area contributed by atoms with Gasteiger partial charge in [0.05, 0.1) is 0 Å². The first-order valence-corrected chi connectivity index (χ1v) is 0.682. The first kappa shape index (κ1) is 9.20. The first-order valence-electron chi connectivity index (χ1n) is 0.682. The van der Waals surface area contributed by atoms with Gasteiger partial charge in [-0.05, 0) is 10.4 Å². The lowest BCUT2D eigenvalue weighted by Gasteiger charge is -1.03. The van der Waals surface area contributed by atoms with Gasteiger partial charge in [-0.2, -0.15) is 0 Å². The second-order valence-electron chi connectivity index (χ2n) is 0.100. The van der Waals surface area contributed by atoms with Crippen molar-refractivity contribution < 1.29 is 0 Å². The Kier molecular flexibility index (Phi) is 417. The largest absolute Gasteiger partial charge is 0.202 e. The molecule has 0 aromatic rings. The lowest BCUT2D eigenvalue weighted by atomic mass is 11.9. The highest BCUT2D eigenvalue weighted by molar-refractivity contribution is 4.18. The summed E-state index contributed by atoms with van der Waals surface area (Å²) in [5.74, 6) is 0. The zero-order valence-corrected chi connectivity index (χ0v) is 2.42. The highest BCUT2D eigenvalue weighted by Crippen LogP contribution is 1.24. The van der Waals surface area contributed by atoms with Crippen LogP contribution in [0, 0.1) is 17.4 Å². The van der Waals surface area contributed by atoms with Crippen LogP contribution in [0.5, 0.6) is 0 Å². The molecule has 0 amide bonds. The summed E-state index contributed by atoms with van der Waals surface area (Å²) in [7, 11) is 0. The van der Waals surface area contributed by atoms with Crippen LogP contribution in [0.3, 0.4) is 0 Å². The Morgan fingerprint density at radius 3 is 1.80 bits per heavy atom.